The van der Waals surface area contributed by atoms with Gasteiger partial charge in [-0.1, -0.05) is 13.8 Å². The molecule has 1 saturated carbocycles. The molecule has 4 nitrogen and oxygen atoms in total. The summed E-state index contributed by atoms with van der Waals surface area (Å²) in [5.41, 5.74) is 6.89. The first-order chi connectivity index (χ1) is 9.49. The SMILES string of the molecule is COc1cc(N)cc(C(=O)NC2CCC(C)C(C)C2)c1. The van der Waals surface area contributed by atoms with Crippen LogP contribution in [-0.4, -0.2) is 19.1 Å². The number of amides is 1. The first-order valence-corrected chi connectivity index (χ1v) is 7.25. The van der Waals surface area contributed by atoms with Crippen molar-refractivity contribution < 1.29 is 9.53 Å². The number of hydrogen-bond acceptors (Lipinski definition) is 3. The molecule has 0 radical (unpaired) electrons. The van der Waals surface area contributed by atoms with Gasteiger partial charge in [0.15, 0.2) is 0 Å². The monoisotopic (exact) mass is 276 g/mol. The van der Waals surface area contributed by atoms with E-state index in [1.807, 2.05) is 0 Å². The van der Waals surface area contributed by atoms with Gasteiger partial charge in [0.05, 0.1) is 7.11 Å². The number of nitrogen functional groups attached to an aromatic ring is 1. The van der Waals surface area contributed by atoms with E-state index in [-0.39, 0.29) is 11.9 Å². The average Bonchev–Trinajstić information content (AvgIpc) is 2.42. The number of benzene rings is 1. The molecule has 3 atom stereocenters. The van der Waals surface area contributed by atoms with Crippen LogP contribution in [-0.2, 0) is 0 Å². The summed E-state index contributed by atoms with van der Waals surface area (Å²) in [6.07, 6.45) is 3.27. The minimum atomic E-state index is -0.0673. The fourth-order valence-corrected chi connectivity index (χ4v) is 2.82. The molecule has 0 bridgehead atoms. The molecule has 0 heterocycles. The topological polar surface area (TPSA) is 64.3 Å². The summed E-state index contributed by atoms with van der Waals surface area (Å²) < 4.78 is 5.15. The van der Waals surface area contributed by atoms with E-state index in [1.54, 1.807) is 25.3 Å². The molecule has 20 heavy (non-hydrogen) atoms. The lowest BCUT2D eigenvalue weighted by Crippen LogP contribution is -2.39. The molecule has 1 aromatic carbocycles. The predicted molar refractivity (Wildman–Crippen MR) is 80.8 cm³/mol. The second kappa shape index (κ2) is 6.16. The second-order valence-corrected chi connectivity index (χ2v) is 5.93. The summed E-state index contributed by atoms with van der Waals surface area (Å²) in [6.45, 7) is 4.54. The van der Waals surface area contributed by atoms with Crippen LogP contribution < -0.4 is 15.8 Å². The fraction of sp³-hybridized carbons (Fsp3) is 0.562. The molecule has 2 rings (SSSR count). The Bertz CT molecular complexity index is 487. The minimum absolute atomic E-state index is 0.0673. The van der Waals surface area contributed by atoms with Gasteiger partial charge in [0.1, 0.15) is 5.75 Å². The third-order valence-corrected chi connectivity index (χ3v) is 4.36. The molecule has 1 aliphatic carbocycles. The summed E-state index contributed by atoms with van der Waals surface area (Å²) in [7, 11) is 1.57. The maximum absolute atomic E-state index is 12.3. The summed E-state index contributed by atoms with van der Waals surface area (Å²) in [5.74, 6) is 1.95. The van der Waals surface area contributed by atoms with Gasteiger partial charge < -0.3 is 15.8 Å². The van der Waals surface area contributed by atoms with E-state index in [2.05, 4.69) is 19.2 Å². The highest BCUT2D eigenvalue weighted by molar-refractivity contribution is 5.95. The lowest BCUT2D eigenvalue weighted by atomic mass is 9.79. The van der Waals surface area contributed by atoms with Crippen molar-refractivity contribution in [2.45, 2.75) is 39.2 Å². The van der Waals surface area contributed by atoms with Crippen LogP contribution in [0.5, 0.6) is 5.75 Å². The molecule has 0 spiro atoms. The van der Waals surface area contributed by atoms with Crippen LogP contribution >= 0.6 is 0 Å². The van der Waals surface area contributed by atoms with Gasteiger partial charge >= 0.3 is 0 Å². The lowest BCUT2D eigenvalue weighted by molar-refractivity contribution is 0.0910. The fourth-order valence-electron chi connectivity index (χ4n) is 2.82. The van der Waals surface area contributed by atoms with Crippen LogP contribution in [0, 0.1) is 11.8 Å². The molecule has 3 unspecified atom stereocenters. The van der Waals surface area contributed by atoms with Crippen molar-refractivity contribution in [1.29, 1.82) is 0 Å². The van der Waals surface area contributed by atoms with E-state index in [4.69, 9.17) is 10.5 Å². The van der Waals surface area contributed by atoms with Gasteiger partial charge in [-0.3, -0.25) is 4.79 Å². The maximum atomic E-state index is 12.3. The molecule has 1 amide bonds. The number of carbonyl (C=O) groups excluding carboxylic acids is 1. The lowest BCUT2D eigenvalue weighted by Gasteiger charge is -2.32. The van der Waals surface area contributed by atoms with Gasteiger partial charge in [-0.05, 0) is 43.2 Å². The molecule has 0 aromatic heterocycles. The maximum Gasteiger partial charge on any atom is 0.251 e. The third-order valence-electron chi connectivity index (χ3n) is 4.36. The first kappa shape index (κ1) is 14.7. The molecule has 1 aromatic rings. The molecule has 0 saturated heterocycles. The van der Waals surface area contributed by atoms with Gasteiger partial charge in [-0.15, -0.1) is 0 Å². The zero-order valence-electron chi connectivity index (χ0n) is 12.5. The Hall–Kier alpha value is -1.71. The van der Waals surface area contributed by atoms with Gasteiger partial charge in [-0.2, -0.15) is 0 Å². The second-order valence-electron chi connectivity index (χ2n) is 5.93. The summed E-state index contributed by atoms with van der Waals surface area (Å²) in [6, 6.07) is 5.38. The van der Waals surface area contributed by atoms with Crippen molar-refractivity contribution >= 4 is 11.6 Å². The zero-order chi connectivity index (χ0) is 14.7. The first-order valence-electron chi connectivity index (χ1n) is 7.25. The van der Waals surface area contributed by atoms with Crippen LogP contribution in [0.25, 0.3) is 0 Å². The Kier molecular flexibility index (Phi) is 4.53. The normalized spacial score (nSPS) is 26.1. The van der Waals surface area contributed by atoms with Crippen molar-refractivity contribution in [3.63, 3.8) is 0 Å². The highest BCUT2D eigenvalue weighted by Crippen LogP contribution is 2.29. The van der Waals surface area contributed by atoms with E-state index < -0.39 is 0 Å². The highest BCUT2D eigenvalue weighted by Gasteiger charge is 2.25. The van der Waals surface area contributed by atoms with Crippen LogP contribution in [0.15, 0.2) is 18.2 Å². The number of methoxy groups -OCH3 is 1. The summed E-state index contributed by atoms with van der Waals surface area (Å²) in [4.78, 5) is 12.3. The number of nitrogens with one attached hydrogen (secondary N) is 1. The van der Waals surface area contributed by atoms with E-state index in [0.717, 1.165) is 18.8 Å². The number of ether oxygens (including phenoxy) is 1. The van der Waals surface area contributed by atoms with Crippen LogP contribution in [0.1, 0.15) is 43.5 Å². The predicted octanol–water partition coefficient (Wildman–Crippen LogP) is 2.83. The smallest absolute Gasteiger partial charge is 0.251 e. The Morgan fingerprint density at radius 2 is 2.00 bits per heavy atom. The van der Waals surface area contributed by atoms with E-state index >= 15 is 0 Å². The van der Waals surface area contributed by atoms with Crippen molar-refractivity contribution in [3.05, 3.63) is 23.8 Å². The van der Waals surface area contributed by atoms with Crippen molar-refractivity contribution in [3.8, 4) is 5.75 Å². The van der Waals surface area contributed by atoms with Crippen LogP contribution in [0.2, 0.25) is 0 Å². The van der Waals surface area contributed by atoms with E-state index in [1.165, 1.54) is 6.42 Å². The summed E-state index contributed by atoms with van der Waals surface area (Å²) in [5, 5.41) is 3.11. The Morgan fingerprint density at radius 1 is 1.25 bits per heavy atom. The number of carbonyl (C=O) groups is 1. The van der Waals surface area contributed by atoms with Crippen molar-refractivity contribution in [2.24, 2.45) is 11.8 Å². The van der Waals surface area contributed by atoms with E-state index in [9.17, 15) is 4.79 Å². The van der Waals surface area contributed by atoms with Crippen LogP contribution in [0.4, 0.5) is 5.69 Å². The zero-order valence-corrected chi connectivity index (χ0v) is 12.5. The number of hydrogen-bond donors (Lipinski definition) is 2. The van der Waals surface area contributed by atoms with Gasteiger partial charge in [-0.25, -0.2) is 0 Å². The Morgan fingerprint density at radius 3 is 2.65 bits per heavy atom. The molecule has 4 heteroatoms. The molecule has 110 valence electrons. The Balaban J connectivity index is 2.03. The average molecular weight is 276 g/mol. The molecule has 1 aliphatic rings. The molecule has 3 N–H and O–H groups in total. The minimum Gasteiger partial charge on any atom is -0.497 e. The third kappa shape index (κ3) is 3.44. The number of anilines is 1. The largest absolute Gasteiger partial charge is 0.497 e. The van der Waals surface area contributed by atoms with Crippen molar-refractivity contribution in [2.75, 3.05) is 12.8 Å². The standard InChI is InChI=1S/C16H24N2O2/c1-10-4-5-14(6-11(10)2)18-16(19)12-7-13(17)9-15(8-12)20-3/h7-11,14H,4-6,17H2,1-3H3,(H,18,19). The molecule has 1 fully saturated rings. The van der Waals surface area contributed by atoms with Crippen molar-refractivity contribution in [1.82, 2.24) is 5.32 Å². The molecular formula is C16H24N2O2. The molecular weight excluding hydrogens is 252 g/mol. The number of rotatable bonds is 3. The van der Waals surface area contributed by atoms with Gasteiger partial charge in [0, 0.05) is 23.4 Å². The highest BCUT2D eigenvalue weighted by atomic mass is 16.5. The number of nitrogens with two attached hydrogens (primary N) is 1. The van der Waals surface area contributed by atoms with Gasteiger partial charge in [0.2, 0.25) is 0 Å². The van der Waals surface area contributed by atoms with E-state index in [0.29, 0.717) is 22.9 Å². The van der Waals surface area contributed by atoms with Gasteiger partial charge in [0.25, 0.3) is 5.91 Å². The van der Waals surface area contributed by atoms with Crippen LogP contribution in [0.3, 0.4) is 0 Å². The summed E-state index contributed by atoms with van der Waals surface area (Å²) >= 11 is 0. The Labute approximate surface area is 120 Å². The quantitative estimate of drug-likeness (QED) is 0.834. The molecule has 0 aliphatic heterocycles.